The summed E-state index contributed by atoms with van der Waals surface area (Å²) in [6.07, 6.45) is 0. The summed E-state index contributed by atoms with van der Waals surface area (Å²) in [7, 11) is -1.83. The number of guanidine groups is 1. The third-order valence-electron chi connectivity index (χ3n) is 4.23. The predicted octanol–water partition coefficient (Wildman–Crippen LogP) is -0.613. The van der Waals surface area contributed by atoms with E-state index >= 15 is 0 Å². The van der Waals surface area contributed by atoms with Crippen molar-refractivity contribution in [1.29, 1.82) is 5.41 Å². The maximum absolute atomic E-state index is 12.8. The van der Waals surface area contributed by atoms with Gasteiger partial charge in [-0.25, -0.2) is 4.79 Å². The molecule has 14 heteroatoms. The highest BCUT2D eigenvalue weighted by Gasteiger charge is 2.53. The fraction of sp³-hybridized carbons (Fsp3) is 0.462. The topological polar surface area (TPSA) is 169 Å². The van der Waals surface area contributed by atoms with Crippen LogP contribution in [0.2, 0.25) is 0 Å². The number of amides is 3. The maximum atomic E-state index is 12.8. The molecule has 1 saturated heterocycles. The minimum atomic E-state index is -4.92. The first-order valence-electron chi connectivity index (χ1n) is 7.67. The van der Waals surface area contributed by atoms with Crippen LogP contribution in [0.25, 0.3) is 0 Å². The van der Waals surface area contributed by atoms with Crippen molar-refractivity contribution in [3.05, 3.63) is 21.4 Å². The van der Waals surface area contributed by atoms with Crippen LogP contribution in [0.5, 0.6) is 0 Å². The van der Waals surface area contributed by atoms with Gasteiger partial charge < -0.3 is 20.9 Å². The molecule has 0 saturated carbocycles. The molecule has 0 aliphatic carbocycles. The van der Waals surface area contributed by atoms with E-state index in [1.165, 1.54) is 21.1 Å². The molecule has 2 aliphatic heterocycles. The Morgan fingerprint density at radius 2 is 2.22 bits per heavy atom. The van der Waals surface area contributed by atoms with E-state index in [9.17, 15) is 18.0 Å². The average molecular weight is 418 g/mol. The van der Waals surface area contributed by atoms with Crippen LogP contribution in [0.1, 0.15) is 28.1 Å². The summed E-state index contributed by atoms with van der Waals surface area (Å²) in [5.41, 5.74) is 6.52. The molecule has 2 atom stereocenters. The summed E-state index contributed by atoms with van der Waals surface area (Å²) < 4.78 is 35.7. The standard InChI is InChI=1S/C13H18N6O6S2/c1-17(2)11(20)9-8-6(3-16-12(14)15)5-26-10(8)7-4-18(9)13(21)19(7)25-27(22,23)24/h5,7,9H,3-4H2,1-2H3,(H4,14,15,16)(H,22,23,24)/t7?,9-/m0/s1. The first kappa shape index (κ1) is 19.3. The number of rotatable bonds is 5. The number of carbonyl (C=O) groups is 2. The Morgan fingerprint density at radius 1 is 1.56 bits per heavy atom. The molecular formula is C13H18N6O6S2. The van der Waals surface area contributed by atoms with Gasteiger partial charge in [0, 0.05) is 31.1 Å². The van der Waals surface area contributed by atoms with Gasteiger partial charge in [0.2, 0.25) is 5.91 Å². The van der Waals surface area contributed by atoms with Crippen molar-refractivity contribution in [2.24, 2.45) is 5.73 Å². The minimum Gasteiger partial charge on any atom is -0.370 e. The summed E-state index contributed by atoms with van der Waals surface area (Å²) >= 11 is 1.23. The molecule has 5 N–H and O–H groups in total. The van der Waals surface area contributed by atoms with E-state index in [1.807, 2.05) is 0 Å². The number of likely N-dealkylation sites (N-methyl/N-ethyl adjacent to an activating group) is 1. The van der Waals surface area contributed by atoms with Crippen LogP contribution in [0.3, 0.4) is 0 Å². The number of nitrogens with one attached hydrogen (secondary N) is 2. The van der Waals surface area contributed by atoms with Crippen LogP contribution < -0.4 is 11.1 Å². The normalized spacial score (nSPS) is 21.2. The molecule has 12 nitrogen and oxygen atoms in total. The Kier molecular flexibility index (Phi) is 4.75. The first-order chi connectivity index (χ1) is 12.5. The third kappa shape index (κ3) is 3.43. The van der Waals surface area contributed by atoms with Crippen molar-refractivity contribution in [1.82, 2.24) is 20.2 Å². The quantitative estimate of drug-likeness (QED) is 0.279. The molecule has 3 heterocycles. The summed E-state index contributed by atoms with van der Waals surface area (Å²) in [5, 5.41) is 12.3. The molecule has 1 unspecified atom stereocenters. The van der Waals surface area contributed by atoms with E-state index in [0.29, 0.717) is 21.1 Å². The molecule has 0 aromatic carbocycles. The fourth-order valence-electron chi connectivity index (χ4n) is 3.16. The third-order valence-corrected chi connectivity index (χ3v) is 5.73. The molecule has 1 fully saturated rings. The second-order valence-electron chi connectivity index (χ2n) is 6.22. The minimum absolute atomic E-state index is 0.0334. The zero-order chi connectivity index (χ0) is 20.1. The van der Waals surface area contributed by atoms with Crippen molar-refractivity contribution in [2.45, 2.75) is 18.6 Å². The van der Waals surface area contributed by atoms with E-state index < -0.39 is 28.5 Å². The van der Waals surface area contributed by atoms with Crippen LogP contribution in [-0.4, -0.2) is 66.4 Å². The van der Waals surface area contributed by atoms with Gasteiger partial charge in [0.25, 0.3) is 0 Å². The number of nitrogens with two attached hydrogens (primary N) is 1. The highest BCUT2D eigenvalue weighted by Crippen LogP contribution is 2.48. The Morgan fingerprint density at radius 3 is 2.78 bits per heavy atom. The summed E-state index contributed by atoms with van der Waals surface area (Å²) in [6, 6.07) is -2.62. The molecule has 1 aromatic rings. The van der Waals surface area contributed by atoms with Crippen LogP contribution >= 0.6 is 11.3 Å². The molecule has 2 aliphatic rings. The molecule has 2 bridgehead atoms. The monoisotopic (exact) mass is 418 g/mol. The molecule has 3 rings (SSSR count). The van der Waals surface area contributed by atoms with Gasteiger partial charge in [-0.2, -0.15) is 13.5 Å². The Hall–Kier alpha value is -2.42. The lowest BCUT2D eigenvalue weighted by Gasteiger charge is -2.32. The predicted molar refractivity (Wildman–Crippen MR) is 93.8 cm³/mol. The summed E-state index contributed by atoms with van der Waals surface area (Å²) in [6.45, 7) is 0.192. The van der Waals surface area contributed by atoms with E-state index in [2.05, 4.69) is 9.60 Å². The van der Waals surface area contributed by atoms with Gasteiger partial charge in [-0.1, -0.05) is 0 Å². The van der Waals surface area contributed by atoms with Crippen LogP contribution in [-0.2, 0) is 26.0 Å². The molecule has 148 valence electrons. The van der Waals surface area contributed by atoms with E-state index in [-0.39, 0.29) is 25.0 Å². The zero-order valence-electron chi connectivity index (χ0n) is 14.4. The molecular weight excluding hydrogens is 400 g/mol. The summed E-state index contributed by atoms with van der Waals surface area (Å²) in [4.78, 5) is 28.6. The highest BCUT2D eigenvalue weighted by molar-refractivity contribution is 7.80. The number of carbonyl (C=O) groups excluding carboxylic acids is 2. The number of hydrogen-bond donors (Lipinski definition) is 4. The molecule has 3 amide bonds. The number of thiophene rings is 1. The van der Waals surface area contributed by atoms with Gasteiger partial charge in [0.15, 0.2) is 5.96 Å². The Balaban J connectivity index is 2.09. The van der Waals surface area contributed by atoms with Gasteiger partial charge in [0.05, 0.1) is 6.54 Å². The molecule has 1 aromatic heterocycles. The lowest BCUT2D eigenvalue weighted by molar-refractivity contribution is -0.133. The number of fused-ring (bicyclic) bond motifs is 4. The highest BCUT2D eigenvalue weighted by atomic mass is 32.3. The largest absolute Gasteiger partial charge is 0.418 e. The fourth-order valence-corrected chi connectivity index (χ4v) is 4.71. The van der Waals surface area contributed by atoms with E-state index in [4.69, 9.17) is 15.7 Å². The summed E-state index contributed by atoms with van der Waals surface area (Å²) in [5.74, 6) is -0.629. The molecule has 27 heavy (non-hydrogen) atoms. The van der Waals surface area contributed by atoms with Gasteiger partial charge in [-0.15, -0.1) is 15.6 Å². The second kappa shape index (κ2) is 6.63. The average Bonchev–Trinajstić information content (AvgIpc) is 3.08. The van der Waals surface area contributed by atoms with E-state index in [0.717, 1.165) is 0 Å². The van der Waals surface area contributed by atoms with Gasteiger partial charge in [-0.3, -0.25) is 14.8 Å². The number of urea groups is 1. The SMILES string of the molecule is CN(C)C(=O)[C@@H]1c2c(CNC(=N)N)csc2C2CN1C(=O)N2OS(=O)(=O)O. The van der Waals surface area contributed by atoms with Gasteiger partial charge in [0.1, 0.15) is 12.1 Å². The van der Waals surface area contributed by atoms with E-state index in [1.54, 1.807) is 19.5 Å². The van der Waals surface area contributed by atoms with Crippen molar-refractivity contribution in [3.63, 3.8) is 0 Å². The van der Waals surface area contributed by atoms with Crippen LogP contribution in [0, 0.1) is 5.41 Å². The smallest absolute Gasteiger partial charge is 0.370 e. The van der Waals surface area contributed by atoms with Crippen LogP contribution in [0.4, 0.5) is 4.79 Å². The number of hydrogen-bond acceptors (Lipinski definition) is 7. The zero-order valence-corrected chi connectivity index (χ0v) is 16.0. The lowest BCUT2D eigenvalue weighted by atomic mass is 9.94. The van der Waals surface area contributed by atoms with Crippen molar-refractivity contribution < 1.29 is 26.8 Å². The number of hydroxylamine groups is 2. The van der Waals surface area contributed by atoms with Gasteiger partial charge >= 0.3 is 16.4 Å². The maximum Gasteiger partial charge on any atom is 0.418 e. The first-order valence-corrected chi connectivity index (χ1v) is 9.91. The second-order valence-corrected chi connectivity index (χ2v) is 8.14. The van der Waals surface area contributed by atoms with Crippen molar-refractivity contribution >= 4 is 39.6 Å². The van der Waals surface area contributed by atoms with Crippen molar-refractivity contribution in [2.75, 3.05) is 20.6 Å². The molecule has 0 radical (unpaired) electrons. The van der Waals surface area contributed by atoms with Gasteiger partial charge in [-0.05, 0) is 10.9 Å². The molecule has 0 spiro atoms. The lowest BCUT2D eigenvalue weighted by Crippen LogP contribution is -2.43. The Bertz CT molecular complexity index is 912. The Labute approximate surface area is 158 Å². The van der Waals surface area contributed by atoms with Crippen LogP contribution in [0.15, 0.2) is 5.38 Å². The number of nitrogens with zero attached hydrogens (tertiary/aromatic N) is 3. The van der Waals surface area contributed by atoms with Crippen molar-refractivity contribution in [3.8, 4) is 0 Å².